The maximum Gasteiger partial charge on any atom is 0.136 e. The van der Waals surface area contributed by atoms with Crippen LogP contribution in [0.5, 0.6) is 0 Å². The third kappa shape index (κ3) is 4.31. The Kier molecular flexibility index (Phi) is 5.82. The second kappa shape index (κ2) is 10.1. The summed E-state index contributed by atoms with van der Waals surface area (Å²) < 4.78 is 6.26. The molecule has 0 spiro atoms. The maximum atomic E-state index is 6.26. The first-order valence-corrected chi connectivity index (χ1v) is 14.3. The van der Waals surface area contributed by atoms with Crippen molar-refractivity contribution in [2.75, 3.05) is 4.90 Å². The van der Waals surface area contributed by atoms with Crippen molar-refractivity contribution in [2.24, 2.45) is 0 Å². The highest BCUT2D eigenvalue weighted by Crippen LogP contribution is 2.40. The van der Waals surface area contributed by atoms with Crippen molar-refractivity contribution in [1.29, 1.82) is 0 Å². The molecular weight excluding hydrogens is 510 g/mol. The van der Waals surface area contributed by atoms with E-state index in [0.29, 0.717) is 0 Å². The quantitative estimate of drug-likeness (QED) is 0.217. The van der Waals surface area contributed by atoms with Gasteiger partial charge in [0.15, 0.2) is 0 Å². The lowest BCUT2D eigenvalue weighted by atomic mass is 9.97. The van der Waals surface area contributed by atoms with Crippen molar-refractivity contribution in [1.82, 2.24) is 0 Å². The summed E-state index contributed by atoms with van der Waals surface area (Å²) in [5, 5.41) is 6.02. The molecule has 0 saturated heterocycles. The molecule has 7 aromatic carbocycles. The van der Waals surface area contributed by atoms with Gasteiger partial charge in [0.1, 0.15) is 11.3 Å². The fraction of sp³-hybridized carbons (Fsp3) is 0. The van der Waals surface area contributed by atoms with E-state index in [0.717, 1.165) is 50.5 Å². The van der Waals surface area contributed by atoms with Gasteiger partial charge in [-0.25, -0.2) is 0 Å². The summed E-state index contributed by atoms with van der Waals surface area (Å²) in [4.78, 5) is 2.34. The van der Waals surface area contributed by atoms with E-state index in [1.165, 1.54) is 21.5 Å². The predicted molar refractivity (Wildman–Crippen MR) is 177 cm³/mol. The van der Waals surface area contributed by atoms with Gasteiger partial charge in [0, 0.05) is 28.0 Å². The third-order valence-corrected chi connectivity index (χ3v) is 8.04. The molecule has 198 valence electrons. The largest absolute Gasteiger partial charge is 0.456 e. The van der Waals surface area contributed by atoms with E-state index in [-0.39, 0.29) is 0 Å². The molecule has 2 heteroatoms. The highest BCUT2D eigenvalue weighted by atomic mass is 16.3. The van der Waals surface area contributed by atoms with Crippen molar-refractivity contribution >= 4 is 49.6 Å². The summed E-state index contributed by atoms with van der Waals surface area (Å²) in [6.07, 6.45) is 0. The van der Waals surface area contributed by atoms with Crippen LogP contribution in [-0.2, 0) is 0 Å². The molecule has 42 heavy (non-hydrogen) atoms. The summed E-state index contributed by atoms with van der Waals surface area (Å²) >= 11 is 0. The highest BCUT2D eigenvalue weighted by molar-refractivity contribution is 5.93. The second-order valence-electron chi connectivity index (χ2n) is 10.6. The normalized spacial score (nSPS) is 11.3. The summed E-state index contributed by atoms with van der Waals surface area (Å²) in [5.41, 5.74) is 7.63. The first-order chi connectivity index (χ1) is 20.8. The minimum atomic E-state index is 0.879. The average Bonchev–Trinajstić information content (AvgIpc) is 3.50. The molecule has 0 saturated carbocycles. The molecule has 0 aliphatic rings. The first kappa shape index (κ1) is 24.2. The Bertz CT molecular complexity index is 2090. The number of rotatable bonds is 5. The zero-order valence-corrected chi connectivity index (χ0v) is 22.9. The van der Waals surface area contributed by atoms with Gasteiger partial charge >= 0.3 is 0 Å². The minimum Gasteiger partial charge on any atom is -0.456 e. The van der Waals surface area contributed by atoms with Gasteiger partial charge in [0.05, 0.1) is 0 Å². The lowest BCUT2D eigenvalue weighted by molar-refractivity contribution is 0.632. The number of nitrogens with zero attached hydrogens (tertiary/aromatic N) is 1. The Labute approximate surface area is 244 Å². The molecule has 0 amide bonds. The number of benzene rings is 7. The molecule has 2 nitrogen and oxygen atoms in total. The van der Waals surface area contributed by atoms with Crippen LogP contribution in [0, 0.1) is 0 Å². The first-order valence-electron chi connectivity index (χ1n) is 14.3. The van der Waals surface area contributed by atoms with E-state index in [1.807, 2.05) is 18.2 Å². The molecule has 0 aliphatic carbocycles. The van der Waals surface area contributed by atoms with Crippen LogP contribution < -0.4 is 4.90 Å². The molecular formula is C40H27NO. The average molecular weight is 538 g/mol. The van der Waals surface area contributed by atoms with Crippen LogP contribution in [0.2, 0.25) is 0 Å². The zero-order valence-electron chi connectivity index (χ0n) is 22.9. The summed E-state index contributed by atoms with van der Waals surface area (Å²) in [6, 6.07) is 58.0. The monoisotopic (exact) mass is 537 g/mol. The van der Waals surface area contributed by atoms with E-state index < -0.39 is 0 Å². The molecule has 1 aromatic heterocycles. The van der Waals surface area contributed by atoms with Crippen molar-refractivity contribution in [3.63, 3.8) is 0 Å². The molecule has 8 aromatic rings. The molecule has 0 aliphatic heterocycles. The third-order valence-electron chi connectivity index (χ3n) is 8.04. The van der Waals surface area contributed by atoms with Gasteiger partial charge in [-0.15, -0.1) is 0 Å². The Morgan fingerprint density at radius 1 is 0.357 bits per heavy atom. The Balaban J connectivity index is 1.24. The van der Waals surface area contributed by atoms with Gasteiger partial charge in [-0.1, -0.05) is 115 Å². The van der Waals surface area contributed by atoms with Gasteiger partial charge in [-0.2, -0.15) is 0 Å². The van der Waals surface area contributed by atoms with Crippen LogP contribution in [0.25, 0.3) is 55.0 Å². The number of hydrogen-bond acceptors (Lipinski definition) is 2. The van der Waals surface area contributed by atoms with Gasteiger partial charge in [0.2, 0.25) is 0 Å². The van der Waals surface area contributed by atoms with Crippen LogP contribution in [-0.4, -0.2) is 0 Å². The number of hydrogen-bond donors (Lipinski definition) is 0. The molecule has 0 atom stereocenters. The van der Waals surface area contributed by atoms with Crippen molar-refractivity contribution < 1.29 is 4.42 Å². The predicted octanol–water partition coefficient (Wildman–Crippen LogP) is 11.5. The van der Waals surface area contributed by atoms with Crippen molar-refractivity contribution in [3.05, 3.63) is 164 Å². The Morgan fingerprint density at radius 3 is 1.48 bits per heavy atom. The number of anilines is 3. The molecule has 1 heterocycles. The van der Waals surface area contributed by atoms with Gasteiger partial charge < -0.3 is 9.32 Å². The standard InChI is InChI=1S/C40H27NO/c1-3-11-31-25-35(23-17-28(31)9-1)41(36-24-18-29-10-2-4-12-32(29)26-36)34-21-19-30(20-22-34)37-14-6-7-15-38(37)40-27-33-13-5-8-16-39(33)42-40/h1-27H. The molecule has 0 unspecified atom stereocenters. The highest BCUT2D eigenvalue weighted by Gasteiger charge is 2.16. The number of para-hydroxylation sites is 1. The smallest absolute Gasteiger partial charge is 0.136 e. The maximum absolute atomic E-state index is 6.26. The van der Waals surface area contributed by atoms with Gasteiger partial charge in [0.25, 0.3) is 0 Å². The van der Waals surface area contributed by atoms with Crippen LogP contribution in [0.3, 0.4) is 0 Å². The summed E-state index contributed by atoms with van der Waals surface area (Å²) in [5.74, 6) is 0.879. The topological polar surface area (TPSA) is 16.4 Å². The van der Waals surface area contributed by atoms with Crippen LogP contribution in [0.15, 0.2) is 168 Å². The molecule has 0 bridgehead atoms. The van der Waals surface area contributed by atoms with Crippen LogP contribution >= 0.6 is 0 Å². The van der Waals surface area contributed by atoms with E-state index in [2.05, 4.69) is 150 Å². The SMILES string of the molecule is c1ccc(-c2cc3ccccc3o2)c(-c2ccc(N(c3ccc4ccccc4c3)c3ccc4ccccc4c3)cc2)c1. The lowest BCUT2D eigenvalue weighted by Crippen LogP contribution is -2.09. The fourth-order valence-electron chi connectivity index (χ4n) is 5.93. The fourth-order valence-corrected chi connectivity index (χ4v) is 5.93. The van der Waals surface area contributed by atoms with E-state index in [1.54, 1.807) is 0 Å². The van der Waals surface area contributed by atoms with E-state index in [9.17, 15) is 0 Å². The molecule has 0 N–H and O–H groups in total. The minimum absolute atomic E-state index is 0.879. The van der Waals surface area contributed by atoms with Crippen molar-refractivity contribution in [2.45, 2.75) is 0 Å². The number of fused-ring (bicyclic) bond motifs is 3. The summed E-state index contributed by atoms with van der Waals surface area (Å²) in [7, 11) is 0. The molecule has 0 fully saturated rings. The Morgan fingerprint density at radius 2 is 0.857 bits per heavy atom. The van der Waals surface area contributed by atoms with Crippen molar-refractivity contribution in [3.8, 4) is 22.5 Å². The zero-order chi connectivity index (χ0) is 27.9. The second-order valence-corrected chi connectivity index (χ2v) is 10.6. The number of furan rings is 1. The Hall–Kier alpha value is -5.60. The van der Waals surface area contributed by atoms with Crippen LogP contribution in [0.4, 0.5) is 17.1 Å². The van der Waals surface area contributed by atoms with Gasteiger partial charge in [-0.05, 0) is 81.2 Å². The van der Waals surface area contributed by atoms with Gasteiger partial charge in [-0.3, -0.25) is 0 Å². The lowest BCUT2D eigenvalue weighted by Gasteiger charge is -2.26. The summed E-state index contributed by atoms with van der Waals surface area (Å²) in [6.45, 7) is 0. The van der Waals surface area contributed by atoms with Crippen LogP contribution in [0.1, 0.15) is 0 Å². The molecule has 0 radical (unpaired) electrons. The van der Waals surface area contributed by atoms with E-state index in [4.69, 9.17) is 4.42 Å². The molecule has 8 rings (SSSR count). The van der Waals surface area contributed by atoms with E-state index >= 15 is 0 Å².